The molecule has 0 aliphatic carbocycles. The van der Waals surface area contributed by atoms with Gasteiger partial charge in [0.1, 0.15) is 5.01 Å². The Morgan fingerprint density at radius 3 is 2.82 bits per heavy atom. The van der Waals surface area contributed by atoms with Crippen LogP contribution < -0.4 is 5.73 Å². The average molecular weight is 268 g/mol. The second-order valence-electron chi connectivity index (χ2n) is 3.74. The molecule has 2 rings (SSSR count). The number of carboxylic acid groups (broad SMARTS) is 1. The van der Waals surface area contributed by atoms with E-state index < -0.39 is 11.5 Å². The number of thiol groups is 1. The molecule has 3 N–H and O–H groups in total. The number of benzene rings is 1. The highest BCUT2D eigenvalue weighted by Crippen LogP contribution is 2.31. The normalized spacial score (nSPS) is 14.7. The van der Waals surface area contributed by atoms with Crippen molar-refractivity contribution in [2.75, 3.05) is 5.75 Å². The van der Waals surface area contributed by atoms with E-state index in [0.717, 1.165) is 10.2 Å². The number of hydrogen-bond acceptors (Lipinski definition) is 5. The van der Waals surface area contributed by atoms with Gasteiger partial charge in [0.15, 0.2) is 5.54 Å². The van der Waals surface area contributed by atoms with E-state index in [1.54, 1.807) is 0 Å². The molecule has 0 unspecified atom stereocenters. The van der Waals surface area contributed by atoms with Crippen molar-refractivity contribution in [3.63, 3.8) is 0 Å². The van der Waals surface area contributed by atoms with Crippen LogP contribution in [-0.2, 0) is 10.3 Å². The highest BCUT2D eigenvalue weighted by Gasteiger charge is 2.38. The minimum absolute atomic E-state index is 0.255. The third kappa shape index (κ3) is 2.15. The number of fused-ring (bicyclic) bond motifs is 1. The Bertz CT molecular complexity index is 522. The van der Waals surface area contributed by atoms with Crippen molar-refractivity contribution in [2.24, 2.45) is 5.73 Å². The van der Waals surface area contributed by atoms with Gasteiger partial charge < -0.3 is 10.8 Å². The van der Waals surface area contributed by atoms with Gasteiger partial charge >= 0.3 is 5.97 Å². The van der Waals surface area contributed by atoms with E-state index >= 15 is 0 Å². The van der Waals surface area contributed by atoms with Crippen LogP contribution in [0.2, 0.25) is 0 Å². The van der Waals surface area contributed by atoms with Crippen LogP contribution in [0.3, 0.4) is 0 Å². The molecule has 0 amide bonds. The van der Waals surface area contributed by atoms with Crippen molar-refractivity contribution in [1.82, 2.24) is 4.98 Å². The summed E-state index contributed by atoms with van der Waals surface area (Å²) in [6.07, 6.45) is 0.255. The Morgan fingerprint density at radius 2 is 2.24 bits per heavy atom. The zero-order chi connectivity index (χ0) is 12.5. The van der Waals surface area contributed by atoms with E-state index in [1.165, 1.54) is 11.3 Å². The summed E-state index contributed by atoms with van der Waals surface area (Å²) in [6, 6.07) is 7.50. The van der Waals surface area contributed by atoms with Crippen LogP contribution in [0.4, 0.5) is 0 Å². The van der Waals surface area contributed by atoms with E-state index in [0.29, 0.717) is 10.8 Å². The second-order valence-corrected chi connectivity index (χ2v) is 5.21. The van der Waals surface area contributed by atoms with Crippen LogP contribution in [0.15, 0.2) is 24.3 Å². The summed E-state index contributed by atoms with van der Waals surface area (Å²) in [6.45, 7) is 0. The summed E-state index contributed by atoms with van der Waals surface area (Å²) < 4.78 is 0.942. The van der Waals surface area contributed by atoms with Gasteiger partial charge in [-0.15, -0.1) is 11.3 Å². The number of nitrogens with two attached hydrogens (primary N) is 1. The maximum atomic E-state index is 11.3. The van der Waals surface area contributed by atoms with E-state index in [9.17, 15) is 9.90 Å². The molecule has 1 atom stereocenters. The number of carboxylic acids is 1. The third-order valence-electron chi connectivity index (χ3n) is 2.56. The van der Waals surface area contributed by atoms with Crippen molar-refractivity contribution in [2.45, 2.75) is 12.0 Å². The van der Waals surface area contributed by atoms with Crippen LogP contribution in [0.5, 0.6) is 0 Å². The van der Waals surface area contributed by atoms with Gasteiger partial charge in [-0.05, 0) is 24.3 Å². The van der Waals surface area contributed by atoms with Crippen LogP contribution in [0.25, 0.3) is 10.2 Å². The van der Waals surface area contributed by atoms with E-state index in [2.05, 4.69) is 17.6 Å². The molecule has 0 aliphatic rings. The van der Waals surface area contributed by atoms with E-state index in [4.69, 9.17) is 5.73 Å². The molecule has 17 heavy (non-hydrogen) atoms. The minimum Gasteiger partial charge on any atom is -0.480 e. The fourth-order valence-electron chi connectivity index (χ4n) is 1.54. The fraction of sp³-hybridized carbons (Fsp3) is 0.273. The third-order valence-corrected chi connectivity index (χ3v) is 4.00. The maximum absolute atomic E-state index is 11.3. The molecule has 0 spiro atoms. The standard InChI is InChI=1S/C11H12N2O2S2/c12-11(5-6-16,10(14)15)9-13-7-3-1-2-4-8(7)17-9/h1-4,16H,5-6,12H2,(H,14,15)/t11-/m1/s1. The predicted octanol–water partition coefficient (Wildman–Crippen LogP) is 1.85. The molecular formula is C11H12N2O2S2. The molecule has 90 valence electrons. The number of hydrogen-bond donors (Lipinski definition) is 3. The number of aromatic nitrogens is 1. The lowest BCUT2D eigenvalue weighted by atomic mass is 9.99. The maximum Gasteiger partial charge on any atom is 0.330 e. The Morgan fingerprint density at radius 1 is 1.53 bits per heavy atom. The number of carbonyl (C=O) groups is 1. The summed E-state index contributed by atoms with van der Waals surface area (Å²) in [5.74, 6) is -0.663. The molecule has 0 fully saturated rings. The first-order valence-electron chi connectivity index (χ1n) is 5.07. The first-order valence-corrected chi connectivity index (χ1v) is 6.52. The molecule has 1 aromatic heterocycles. The van der Waals surface area contributed by atoms with Gasteiger partial charge in [0, 0.05) is 0 Å². The molecule has 1 heterocycles. The number of thiazole rings is 1. The Labute approximate surface area is 108 Å². The van der Waals surface area contributed by atoms with Gasteiger partial charge in [0.2, 0.25) is 0 Å². The van der Waals surface area contributed by atoms with E-state index in [-0.39, 0.29) is 6.42 Å². The van der Waals surface area contributed by atoms with Crippen molar-refractivity contribution < 1.29 is 9.90 Å². The van der Waals surface area contributed by atoms with Gasteiger partial charge in [-0.3, -0.25) is 0 Å². The van der Waals surface area contributed by atoms with Crippen molar-refractivity contribution in [3.05, 3.63) is 29.3 Å². The van der Waals surface area contributed by atoms with Crippen molar-refractivity contribution in [3.8, 4) is 0 Å². The lowest BCUT2D eigenvalue weighted by Crippen LogP contribution is -2.45. The number of nitrogens with zero attached hydrogens (tertiary/aromatic N) is 1. The molecule has 1 aromatic carbocycles. The van der Waals surface area contributed by atoms with Crippen LogP contribution in [-0.4, -0.2) is 21.8 Å². The highest BCUT2D eigenvalue weighted by molar-refractivity contribution is 7.80. The van der Waals surface area contributed by atoms with Crippen LogP contribution >= 0.6 is 24.0 Å². The smallest absolute Gasteiger partial charge is 0.330 e. The number of aliphatic carboxylic acids is 1. The minimum atomic E-state index is -1.44. The lowest BCUT2D eigenvalue weighted by molar-refractivity contribution is -0.143. The van der Waals surface area contributed by atoms with Crippen molar-refractivity contribution in [1.29, 1.82) is 0 Å². The summed E-state index contributed by atoms with van der Waals surface area (Å²) in [5.41, 5.74) is 5.28. The highest BCUT2D eigenvalue weighted by atomic mass is 32.1. The first-order chi connectivity index (χ1) is 8.08. The molecule has 0 aliphatic heterocycles. The van der Waals surface area contributed by atoms with Gasteiger partial charge in [-0.25, -0.2) is 9.78 Å². The van der Waals surface area contributed by atoms with Gasteiger partial charge in [-0.1, -0.05) is 12.1 Å². The fourth-order valence-corrected chi connectivity index (χ4v) is 2.99. The van der Waals surface area contributed by atoms with Crippen molar-refractivity contribution >= 4 is 40.2 Å². The van der Waals surface area contributed by atoms with Gasteiger partial charge in [0.25, 0.3) is 0 Å². The van der Waals surface area contributed by atoms with Crippen LogP contribution in [0, 0.1) is 0 Å². The Hall–Kier alpha value is -1.11. The second kappa shape index (κ2) is 4.64. The summed E-state index contributed by atoms with van der Waals surface area (Å²) in [4.78, 5) is 15.6. The number of para-hydroxylation sites is 1. The summed E-state index contributed by atoms with van der Waals surface area (Å²) in [5, 5.41) is 9.68. The van der Waals surface area contributed by atoms with E-state index in [1.807, 2.05) is 24.3 Å². The SMILES string of the molecule is N[C@@](CCS)(C(=O)O)c1nc2ccccc2s1. The molecule has 0 radical (unpaired) electrons. The zero-order valence-electron chi connectivity index (χ0n) is 8.96. The molecule has 6 heteroatoms. The monoisotopic (exact) mass is 268 g/mol. The molecule has 0 bridgehead atoms. The topological polar surface area (TPSA) is 76.2 Å². The van der Waals surface area contributed by atoms with Crippen LogP contribution in [0.1, 0.15) is 11.4 Å². The average Bonchev–Trinajstić information content (AvgIpc) is 2.72. The lowest BCUT2D eigenvalue weighted by Gasteiger charge is -2.20. The summed E-state index contributed by atoms with van der Waals surface area (Å²) in [7, 11) is 0. The first kappa shape index (κ1) is 12.3. The Kier molecular flexibility index (Phi) is 3.37. The number of rotatable bonds is 4. The zero-order valence-corrected chi connectivity index (χ0v) is 10.7. The van der Waals surface area contributed by atoms with Gasteiger partial charge in [-0.2, -0.15) is 12.6 Å². The molecule has 2 aromatic rings. The molecule has 0 saturated heterocycles. The predicted molar refractivity (Wildman–Crippen MR) is 71.6 cm³/mol. The molecule has 4 nitrogen and oxygen atoms in total. The Balaban J connectivity index is 2.53. The quantitative estimate of drug-likeness (QED) is 0.740. The largest absolute Gasteiger partial charge is 0.480 e. The summed E-state index contributed by atoms with van der Waals surface area (Å²) >= 11 is 5.38. The molecule has 0 saturated carbocycles. The molecular weight excluding hydrogens is 256 g/mol. The van der Waals surface area contributed by atoms with Gasteiger partial charge in [0.05, 0.1) is 10.2 Å².